The molecule has 2 aromatic rings. The Morgan fingerprint density at radius 2 is 1.81 bits per heavy atom. The molecule has 0 aromatic heterocycles. The summed E-state index contributed by atoms with van der Waals surface area (Å²) in [6, 6.07) is 12.4. The van der Waals surface area contributed by atoms with E-state index in [2.05, 4.69) is 10.6 Å². The van der Waals surface area contributed by atoms with E-state index in [-0.39, 0.29) is 18.2 Å². The van der Waals surface area contributed by atoms with Crippen molar-refractivity contribution in [3.8, 4) is 0 Å². The minimum Gasteiger partial charge on any atom is -0.374 e. The third-order valence-corrected chi connectivity index (χ3v) is 3.87. The normalized spacial score (nSPS) is 11.7. The number of nitrogens with one attached hydrogen (secondary N) is 2. The third-order valence-electron chi connectivity index (χ3n) is 3.87. The van der Waals surface area contributed by atoms with Crippen molar-refractivity contribution >= 4 is 11.8 Å². The van der Waals surface area contributed by atoms with Gasteiger partial charge in [0, 0.05) is 19.2 Å². The Balaban J connectivity index is 1.61. The average Bonchev–Trinajstić information content (AvgIpc) is 2.66. The summed E-state index contributed by atoms with van der Waals surface area (Å²) in [5.74, 6) is -2.92. The lowest BCUT2D eigenvalue weighted by molar-refractivity contribution is -0.120. The first-order valence-electron chi connectivity index (χ1n) is 8.64. The van der Waals surface area contributed by atoms with Crippen molar-refractivity contribution in [1.29, 1.82) is 0 Å². The predicted molar refractivity (Wildman–Crippen MR) is 97.1 cm³/mol. The van der Waals surface area contributed by atoms with Gasteiger partial charge in [0.15, 0.2) is 0 Å². The summed E-state index contributed by atoms with van der Waals surface area (Å²) in [5, 5.41) is 4.93. The number of hydrogen-bond acceptors (Lipinski definition) is 3. The van der Waals surface area contributed by atoms with Crippen LogP contribution in [0.3, 0.4) is 0 Å². The first kappa shape index (κ1) is 20.5. The Hall–Kier alpha value is -2.80. The summed E-state index contributed by atoms with van der Waals surface area (Å²) in [6.07, 6.45) is 0.579. The molecule has 0 spiro atoms. The standard InChI is InChI=1S/C20H22F2N2O3/c1-14(15-6-3-2-4-7-15)27-11-5-10-23-19(25)13-24-20(26)17-9-8-16(21)12-18(17)22/h2-4,6-9,12,14H,5,10-11,13H2,1H3,(H,23,25)(H,24,26). The van der Waals surface area contributed by atoms with Crippen molar-refractivity contribution in [3.05, 3.63) is 71.3 Å². The van der Waals surface area contributed by atoms with Crippen molar-refractivity contribution in [3.63, 3.8) is 0 Å². The number of carbonyl (C=O) groups excluding carboxylic acids is 2. The zero-order valence-electron chi connectivity index (χ0n) is 15.0. The van der Waals surface area contributed by atoms with Crippen LogP contribution in [0.25, 0.3) is 0 Å². The maximum absolute atomic E-state index is 13.5. The molecule has 1 atom stereocenters. The van der Waals surface area contributed by atoms with E-state index in [0.29, 0.717) is 25.6 Å². The van der Waals surface area contributed by atoms with Gasteiger partial charge >= 0.3 is 0 Å². The molecule has 0 radical (unpaired) electrons. The zero-order valence-corrected chi connectivity index (χ0v) is 15.0. The molecule has 2 aromatic carbocycles. The number of hydrogen-bond donors (Lipinski definition) is 2. The lowest BCUT2D eigenvalue weighted by Gasteiger charge is -2.13. The molecule has 0 aliphatic rings. The van der Waals surface area contributed by atoms with E-state index in [0.717, 1.165) is 17.7 Å². The molecule has 0 aliphatic carbocycles. The summed E-state index contributed by atoms with van der Waals surface area (Å²) >= 11 is 0. The molecule has 5 nitrogen and oxygen atoms in total. The molecular formula is C20H22F2N2O3. The van der Waals surface area contributed by atoms with Gasteiger partial charge in [0.25, 0.3) is 5.91 Å². The fraction of sp³-hybridized carbons (Fsp3) is 0.300. The van der Waals surface area contributed by atoms with Crippen LogP contribution in [0.4, 0.5) is 8.78 Å². The number of halogens is 2. The summed E-state index contributed by atoms with van der Waals surface area (Å²) in [7, 11) is 0. The smallest absolute Gasteiger partial charge is 0.254 e. The molecule has 0 fully saturated rings. The minimum atomic E-state index is -0.974. The van der Waals surface area contributed by atoms with Gasteiger partial charge in [-0.15, -0.1) is 0 Å². The van der Waals surface area contributed by atoms with E-state index in [1.807, 2.05) is 37.3 Å². The molecule has 0 aliphatic heterocycles. The molecule has 0 bridgehead atoms. The fourth-order valence-corrected chi connectivity index (χ4v) is 2.37. The molecule has 2 rings (SSSR count). The zero-order chi connectivity index (χ0) is 19.6. The highest BCUT2D eigenvalue weighted by Gasteiger charge is 2.13. The average molecular weight is 376 g/mol. The van der Waals surface area contributed by atoms with Gasteiger partial charge in [-0.05, 0) is 31.0 Å². The molecule has 1 unspecified atom stereocenters. The van der Waals surface area contributed by atoms with E-state index in [4.69, 9.17) is 4.74 Å². The van der Waals surface area contributed by atoms with Crippen molar-refractivity contribution in [2.24, 2.45) is 0 Å². The number of rotatable bonds is 9. The molecule has 0 saturated carbocycles. The van der Waals surface area contributed by atoms with E-state index in [1.54, 1.807) is 0 Å². The van der Waals surface area contributed by atoms with E-state index < -0.39 is 23.4 Å². The highest BCUT2D eigenvalue weighted by Crippen LogP contribution is 2.15. The lowest BCUT2D eigenvalue weighted by Crippen LogP contribution is -2.37. The Morgan fingerprint density at radius 1 is 1.07 bits per heavy atom. The van der Waals surface area contributed by atoms with Crippen LogP contribution in [-0.2, 0) is 9.53 Å². The van der Waals surface area contributed by atoms with Crippen LogP contribution in [0.1, 0.15) is 35.4 Å². The fourth-order valence-electron chi connectivity index (χ4n) is 2.37. The van der Waals surface area contributed by atoms with Gasteiger partial charge in [-0.3, -0.25) is 9.59 Å². The molecule has 144 valence electrons. The molecule has 2 N–H and O–H groups in total. The number of benzene rings is 2. The van der Waals surface area contributed by atoms with Gasteiger partial charge in [0.2, 0.25) is 5.91 Å². The van der Waals surface area contributed by atoms with Crippen LogP contribution in [0.15, 0.2) is 48.5 Å². The highest BCUT2D eigenvalue weighted by molar-refractivity contribution is 5.96. The Labute approximate surface area is 156 Å². The summed E-state index contributed by atoms with van der Waals surface area (Å²) in [4.78, 5) is 23.5. The minimum absolute atomic E-state index is 0.0354. The third kappa shape index (κ3) is 6.79. The van der Waals surface area contributed by atoms with E-state index >= 15 is 0 Å². The maximum Gasteiger partial charge on any atom is 0.254 e. The van der Waals surface area contributed by atoms with Crippen LogP contribution in [0.2, 0.25) is 0 Å². The van der Waals surface area contributed by atoms with Crippen LogP contribution >= 0.6 is 0 Å². The van der Waals surface area contributed by atoms with Crippen molar-refractivity contribution in [2.45, 2.75) is 19.4 Å². The van der Waals surface area contributed by atoms with Gasteiger partial charge < -0.3 is 15.4 Å². The lowest BCUT2D eigenvalue weighted by atomic mass is 10.1. The van der Waals surface area contributed by atoms with Crippen molar-refractivity contribution in [2.75, 3.05) is 19.7 Å². The van der Waals surface area contributed by atoms with Gasteiger partial charge in [0.1, 0.15) is 11.6 Å². The SMILES string of the molecule is CC(OCCCNC(=O)CNC(=O)c1ccc(F)cc1F)c1ccccc1. The molecule has 2 amide bonds. The monoisotopic (exact) mass is 376 g/mol. The Morgan fingerprint density at radius 3 is 2.52 bits per heavy atom. The summed E-state index contributed by atoms with van der Waals surface area (Å²) < 4.78 is 32.0. The maximum atomic E-state index is 13.5. The molecular weight excluding hydrogens is 354 g/mol. The number of carbonyl (C=O) groups is 2. The molecule has 7 heteroatoms. The van der Waals surface area contributed by atoms with Crippen molar-refractivity contribution < 1.29 is 23.1 Å². The van der Waals surface area contributed by atoms with Crippen LogP contribution in [0, 0.1) is 11.6 Å². The second-order valence-corrected chi connectivity index (χ2v) is 5.93. The van der Waals surface area contributed by atoms with Crippen LogP contribution < -0.4 is 10.6 Å². The predicted octanol–water partition coefficient (Wildman–Crippen LogP) is 2.98. The van der Waals surface area contributed by atoms with E-state index in [9.17, 15) is 18.4 Å². The molecule has 0 saturated heterocycles. The van der Waals surface area contributed by atoms with Crippen molar-refractivity contribution in [1.82, 2.24) is 10.6 Å². The number of ether oxygens (including phenoxy) is 1. The molecule has 27 heavy (non-hydrogen) atoms. The first-order chi connectivity index (χ1) is 13.0. The summed E-state index contributed by atoms with van der Waals surface area (Å²) in [5.41, 5.74) is 0.768. The van der Waals surface area contributed by atoms with E-state index in [1.165, 1.54) is 0 Å². The first-order valence-corrected chi connectivity index (χ1v) is 8.64. The van der Waals surface area contributed by atoms with Gasteiger partial charge in [-0.2, -0.15) is 0 Å². The molecule has 0 heterocycles. The highest BCUT2D eigenvalue weighted by atomic mass is 19.1. The second-order valence-electron chi connectivity index (χ2n) is 5.93. The second kappa shape index (κ2) is 10.4. The van der Waals surface area contributed by atoms with Crippen LogP contribution in [-0.4, -0.2) is 31.5 Å². The van der Waals surface area contributed by atoms with Gasteiger partial charge in [-0.1, -0.05) is 30.3 Å². The topological polar surface area (TPSA) is 67.4 Å². The Kier molecular flexibility index (Phi) is 7.88. The quantitative estimate of drug-likeness (QED) is 0.661. The summed E-state index contributed by atoms with van der Waals surface area (Å²) in [6.45, 7) is 2.53. The van der Waals surface area contributed by atoms with Gasteiger partial charge in [-0.25, -0.2) is 8.78 Å². The van der Waals surface area contributed by atoms with Gasteiger partial charge in [0.05, 0.1) is 18.2 Å². The van der Waals surface area contributed by atoms with Crippen LogP contribution in [0.5, 0.6) is 0 Å². The largest absolute Gasteiger partial charge is 0.374 e. The Bertz CT molecular complexity index is 769. The number of amides is 2.